The van der Waals surface area contributed by atoms with Gasteiger partial charge in [-0.25, -0.2) is 19.2 Å². The molecule has 0 fully saturated rings. The Morgan fingerprint density at radius 3 is 2.08 bits per heavy atom. The first-order valence-corrected chi connectivity index (χ1v) is 12.1. The van der Waals surface area contributed by atoms with Crippen molar-refractivity contribution in [3.05, 3.63) is 82.8 Å². The number of allylic oxidation sites excluding steroid dienone is 2. The third-order valence-corrected chi connectivity index (χ3v) is 4.89. The highest BCUT2D eigenvalue weighted by Crippen LogP contribution is 2.35. The van der Waals surface area contributed by atoms with Crippen molar-refractivity contribution < 1.29 is 18.3 Å². The molecule has 0 saturated carbocycles. The van der Waals surface area contributed by atoms with Gasteiger partial charge >= 0.3 is 0 Å². The van der Waals surface area contributed by atoms with Crippen molar-refractivity contribution in [3.63, 3.8) is 0 Å². The Morgan fingerprint density at radius 1 is 0.944 bits per heavy atom. The first-order valence-electron chi connectivity index (χ1n) is 12.1. The van der Waals surface area contributed by atoms with E-state index in [0.717, 1.165) is 5.56 Å². The molecule has 2 aliphatic heterocycles. The van der Waals surface area contributed by atoms with Crippen molar-refractivity contribution in [2.75, 3.05) is 14.2 Å². The van der Waals surface area contributed by atoms with E-state index in [1.807, 2.05) is 41.5 Å². The highest BCUT2D eigenvalue weighted by atomic mass is 19.3. The maximum Gasteiger partial charge on any atom is 0.280 e. The maximum absolute atomic E-state index is 13.8. The van der Waals surface area contributed by atoms with Gasteiger partial charge in [-0.3, -0.25) is 5.01 Å². The summed E-state index contributed by atoms with van der Waals surface area (Å²) in [6.07, 6.45) is 0.431. The highest BCUT2D eigenvalue weighted by molar-refractivity contribution is 6.10. The SMILES string of the molecule is CC.CC.CC.COc1ccc(C2=NC3=CC(c4ccc(C#N)cc4)NN3C(C(F)F)=C2)cc1OC. The van der Waals surface area contributed by atoms with E-state index in [1.165, 1.54) is 25.3 Å². The van der Waals surface area contributed by atoms with E-state index in [9.17, 15) is 8.78 Å². The molecule has 0 amide bonds. The molecule has 2 heterocycles. The summed E-state index contributed by atoms with van der Waals surface area (Å²) in [7, 11) is 3.04. The van der Waals surface area contributed by atoms with Crippen LogP contribution in [0, 0.1) is 11.3 Å². The summed E-state index contributed by atoms with van der Waals surface area (Å²) in [5, 5.41) is 10.3. The molecule has 6 nitrogen and oxygen atoms in total. The van der Waals surface area contributed by atoms with Gasteiger partial charge in [-0.15, -0.1) is 0 Å². The van der Waals surface area contributed by atoms with E-state index in [-0.39, 0.29) is 11.7 Å². The highest BCUT2D eigenvalue weighted by Gasteiger charge is 2.33. The number of methoxy groups -OCH3 is 2. The fourth-order valence-corrected chi connectivity index (χ4v) is 3.36. The average Bonchev–Trinajstić information content (AvgIpc) is 3.39. The van der Waals surface area contributed by atoms with Crippen molar-refractivity contribution in [1.82, 2.24) is 10.4 Å². The standard InChI is InChI=1S/C22H18F2N4O2.3C2H6/c1-29-19-8-7-15(9-20(19)30-2)16-10-18(22(23)24)28-21(26-16)11-17(27-28)14-5-3-13(12-25)4-6-14;3*1-2/h3-11,17,22,27H,1-2H3;3*1-2H3. The number of rotatable bonds is 5. The smallest absolute Gasteiger partial charge is 0.280 e. The van der Waals surface area contributed by atoms with Gasteiger partial charge in [-0.05, 0) is 48.0 Å². The van der Waals surface area contributed by atoms with Crippen LogP contribution in [0.4, 0.5) is 8.78 Å². The number of hydrogen-bond acceptors (Lipinski definition) is 6. The lowest BCUT2D eigenvalue weighted by molar-refractivity contribution is 0.134. The average molecular weight is 499 g/mol. The lowest BCUT2D eigenvalue weighted by Crippen LogP contribution is -2.37. The monoisotopic (exact) mass is 498 g/mol. The largest absolute Gasteiger partial charge is 0.493 e. The molecule has 2 aliphatic rings. The zero-order valence-electron chi connectivity index (χ0n) is 22.3. The molecule has 0 saturated heterocycles. The van der Waals surface area contributed by atoms with Crippen molar-refractivity contribution >= 4 is 5.71 Å². The normalized spacial score (nSPS) is 15.2. The van der Waals surface area contributed by atoms with Crippen LogP contribution in [0.3, 0.4) is 0 Å². The molecule has 0 radical (unpaired) electrons. The predicted octanol–water partition coefficient (Wildman–Crippen LogP) is 7.01. The number of hydrogen-bond donors (Lipinski definition) is 1. The van der Waals surface area contributed by atoms with Crippen LogP contribution in [0.5, 0.6) is 11.5 Å². The number of nitriles is 1. The Hall–Kier alpha value is -3.70. The van der Waals surface area contributed by atoms with Gasteiger partial charge in [-0.1, -0.05) is 53.7 Å². The molecular formula is C28H36F2N4O2. The molecule has 0 aliphatic carbocycles. The number of halogens is 2. The van der Waals surface area contributed by atoms with Crippen molar-refractivity contribution in [3.8, 4) is 17.6 Å². The van der Waals surface area contributed by atoms with Gasteiger partial charge in [-0.2, -0.15) is 5.26 Å². The Balaban J connectivity index is 0.00000101. The first-order chi connectivity index (χ1) is 17.5. The molecule has 1 unspecified atom stereocenters. The number of benzene rings is 2. The van der Waals surface area contributed by atoms with E-state index in [1.54, 1.807) is 48.5 Å². The quantitative estimate of drug-likeness (QED) is 0.480. The number of alkyl halides is 2. The number of ether oxygens (including phenoxy) is 2. The topological polar surface area (TPSA) is 69.9 Å². The Kier molecular flexibility index (Phi) is 12.9. The molecule has 1 N–H and O–H groups in total. The summed E-state index contributed by atoms with van der Waals surface area (Å²) in [5.41, 5.74) is 5.25. The lowest BCUT2D eigenvalue weighted by Gasteiger charge is -2.28. The Bertz CT molecular complexity index is 1100. The second-order valence-corrected chi connectivity index (χ2v) is 6.64. The van der Waals surface area contributed by atoms with Crippen LogP contribution in [0.1, 0.15) is 64.3 Å². The van der Waals surface area contributed by atoms with E-state index >= 15 is 0 Å². The molecule has 4 rings (SSSR count). The summed E-state index contributed by atoms with van der Waals surface area (Å²) in [4.78, 5) is 4.57. The van der Waals surface area contributed by atoms with Crippen LogP contribution in [-0.4, -0.2) is 31.4 Å². The molecular weight excluding hydrogens is 462 g/mol. The van der Waals surface area contributed by atoms with Gasteiger partial charge in [0, 0.05) is 5.56 Å². The summed E-state index contributed by atoms with van der Waals surface area (Å²) >= 11 is 0. The molecule has 2 aromatic rings. The van der Waals surface area contributed by atoms with Gasteiger partial charge in [0.2, 0.25) is 0 Å². The number of hydrazine groups is 1. The van der Waals surface area contributed by atoms with Crippen LogP contribution in [-0.2, 0) is 0 Å². The molecule has 36 heavy (non-hydrogen) atoms. The molecule has 0 spiro atoms. The Labute approximate surface area is 213 Å². The van der Waals surface area contributed by atoms with E-state index in [0.29, 0.717) is 34.2 Å². The van der Waals surface area contributed by atoms with E-state index in [4.69, 9.17) is 14.7 Å². The fourth-order valence-electron chi connectivity index (χ4n) is 3.36. The second-order valence-electron chi connectivity index (χ2n) is 6.64. The van der Waals surface area contributed by atoms with Crippen molar-refractivity contribution in [1.29, 1.82) is 5.26 Å². The van der Waals surface area contributed by atoms with Crippen molar-refractivity contribution in [2.24, 2.45) is 4.99 Å². The zero-order chi connectivity index (χ0) is 27.3. The fraction of sp³-hybridized carbons (Fsp3) is 0.357. The minimum atomic E-state index is -2.70. The first kappa shape index (κ1) is 30.3. The number of aliphatic imine (C=N–C) groups is 1. The summed E-state index contributed by atoms with van der Waals surface area (Å²) in [6, 6.07) is 13.8. The van der Waals surface area contributed by atoms with Crippen molar-refractivity contribution in [2.45, 2.75) is 54.0 Å². The molecule has 0 bridgehead atoms. The van der Waals surface area contributed by atoms with E-state index in [2.05, 4.69) is 16.5 Å². The second kappa shape index (κ2) is 15.3. The summed E-state index contributed by atoms with van der Waals surface area (Å²) < 4.78 is 38.2. The van der Waals surface area contributed by atoms with Crippen LogP contribution >= 0.6 is 0 Å². The van der Waals surface area contributed by atoms with Crippen LogP contribution in [0.15, 0.2) is 71.1 Å². The minimum absolute atomic E-state index is 0.197. The van der Waals surface area contributed by atoms with Crippen LogP contribution in [0.2, 0.25) is 0 Å². The number of nitrogens with zero attached hydrogens (tertiary/aromatic N) is 3. The van der Waals surface area contributed by atoms with Crippen LogP contribution in [0.25, 0.3) is 0 Å². The molecule has 8 heteroatoms. The Morgan fingerprint density at radius 2 is 1.56 bits per heavy atom. The zero-order valence-corrected chi connectivity index (χ0v) is 22.3. The van der Waals surface area contributed by atoms with E-state index < -0.39 is 6.43 Å². The van der Waals surface area contributed by atoms with Gasteiger partial charge in [0.1, 0.15) is 11.5 Å². The third-order valence-electron chi connectivity index (χ3n) is 4.89. The van der Waals surface area contributed by atoms with Gasteiger partial charge < -0.3 is 9.47 Å². The van der Waals surface area contributed by atoms with Crippen LogP contribution < -0.4 is 14.9 Å². The van der Waals surface area contributed by atoms with Gasteiger partial charge in [0.25, 0.3) is 6.43 Å². The maximum atomic E-state index is 13.8. The number of nitrogens with one attached hydrogen (secondary N) is 1. The molecule has 2 aromatic carbocycles. The minimum Gasteiger partial charge on any atom is -0.493 e. The molecule has 0 aromatic heterocycles. The number of fused-ring (bicyclic) bond motifs is 1. The third kappa shape index (κ3) is 6.92. The predicted molar refractivity (Wildman–Crippen MR) is 141 cm³/mol. The van der Waals surface area contributed by atoms with Gasteiger partial charge in [0.05, 0.1) is 37.6 Å². The molecule has 194 valence electrons. The summed E-state index contributed by atoms with van der Waals surface area (Å²) in [6.45, 7) is 12.0. The molecule has 1 atom stereocenters. The lowest BCUT2D eigenvalue weighted by atomic mass is 10.1. The van der Waals surface area contributed by atoms with Gasteiger partial charge in [0.15, 0.2) is 11.5 Å². The summed E-state index contributed by atoms with van der Waals surface area (Å²) in [5.74, 6) is 1.41.